The minimum Gasteiger partial charge on any atom is -0.346 e. The molecule has 9 nitrogen and oxygen atoms in total. The molecule has 4 aromatic heterocycles. The summed E-state index contributed by atoms with van der Waals surface area (Å²) in [5, 5.41) is 16.0. The highest BCUT2D eigenvalue weighted by atomic mass is 16.5. The molecule has 0 aliphatic rings. The summed E-state index contributed by atoms with van der Waals surface area (Å²) in [6, 6.07) is 3.68. The van der Waals surface area contributed by atoms with Crippen LogP contribution in [0.5, 0.6) is 0 Å². The van der Waals surface area contributed by atoms with Crippen molar-refractivity contribution in [1.29, 1.82) is 0 Å². The number of hydrogen-bond donors (Lipinski definition) is 1. The molecular weight excluding hydrogens is 346 g/mol. The van der Waals surface area contributed by atoms with Crippen molar-refractivity contribution in [1.82, 2.24) is 35.0 Å². The second kappa shape index (κ2) is 6.35. The van der Waals surface area contributed by atoms with Gasteiger partial charge in [0.1, 0.15) is 0 Å². The molecule has 4 heterocycles. The summed E-state index contributed by atoms with van der Waals surface area (Å²) in [5.74, 6) is -0.224. The summed E-state index contributed by atoms with van der Waals surface area (Å²) in [4.78, 5) is 17.4. The van der Waals surface area contributed by atoms with Gasteiger partial charge >= 0.3 is 0 Å². The summed E-state index contributed by atoms with van der Waals surface area (Å²) >= 11 is 0. The Morgan fingerprint density at radius 1 is 1.26 bits per heavy atom. The fourth-order valence-electron chi connectivity index (χ4n) is 3.07. The Bertz CT molecular complexity index is 1150. The summed E-state index contributed by atoms with van der Waals surface area (Å²) in [5.41, 5.74) is 4.64. The number of nitrogens with one attached hydrogen (secondary N) is 1. The average molecular weight is 365 g/mol. The van der Waals surface area contributed by atoms with Crippen LogP contribution in [0.4, 0.5) is 0 Å². The Morgan fingerprint density at radius 3 is 2.74 bits per heavy atom. The van der Waals surface area contributed by atoms with Gasteiger partial charge in [-0.15, -0.1) is 0 Å². The van der Waals surface area contributed by atoms with E-state index in [4.69, 9.17) is 4.52 Å². The van der Waals surface area contributed by atoms with E-state index in [0.717, 1.165) is 17.0 Å². The van der Waals surface area contributed by atoms with E-state index in [0.29, 0.717) is 34.6 Å². The lowest BCUT2D eigenvalue weighted by molar-refractivity contribution is 0.0951. The number of hydrogen-bond acceptors (Lipinski definition) is 6. The summed E-state index contributed by atoms with van der Waals surface area (Å²) in [6.45, 7) is 4.07. The smallest absolute Gasteiger partial charge is 0.259 e. The second-order valence-corrected chi connectivity index (χ2v) is 6.49. The summed E-state index contributed by atoms with van der Waals surface area (Å²) in [6.07, 6.45) is 3.52. The maximum atomic E-state index is 12.9. The first-order valence-electron chi connectivity index (χ1n) is 8.46. The Labute approximate surface area is 155 Å². The summed E-state index contributed by atoms with van der Waals surface area (Å²) < 4.78 is 8.74. The van der Waals surface area contributed by atoms with Crippen LogP contribution in [-0.4, -0.2) is 35.6 Å². The van der Waals surface area contributed by atoms with Crippen molar-refractivity contribution in [3.05, 3.63) is 47.2 Å². The molecule has 0 saturated carbocycles. The van der Waals surface area contributed by atoms with Crippen molar-refractivity contribution in [3.63, 3.8) is 0 Å². The molecule has 0 unspecified atom stereocenters. The van der Waals surface area contributed by atoms with Gasteiger partial charge in [0.2, 0.25) is 0 Å². The molecule has 0 aliphatic heterocycles. The van der Waals surface area contributed by atoms with Crippen molar-refractivity contribution >= 4 is 17.0 Å². The molecule has 1 amide bonds. The summed E-state index contributed by atoms with van der Waals surface area (Å²) in [7, 11) is 3.67. The highest BCUT2D eigenvalue weighted by Gasteiger charge is 2.20. The number of amides is 1. The molecule has 1 N–H and O–H groups in total. The third-order valence-electron chi connectivity index (χ3n) is 4.39. The van der Waals surface area contributed by atoms with E-state index < -0.39 is 0 Å². The van der Waals surface area contributed by atoms with Gasteiger partial charge in [0, 0.05) is 25.9 Å². The third kappa shape index (κ3) is 3.07. The van der Waals surface area contributed by atoms with Gasteiger partial charge in [-0.1, -0.05) is 5.16 Å². The molecule has 0 fully saturated rings. The zero-order valence-electron chi connectivity index (χ0n) is 15.5. The number of aryl methyl sites for hydroxylation is 4. The van der Waals surface area contributed by atoms with Gasteiger partial charge in [-0.25, -0.2) is 4.98 Å². The third-order valence-corrected chi connectivity index (χ3v) is 4.39. The Morgan fingerprint density at radius 2 is 2.07 bits per heavy atom. The molecule has 0 aromatic carbocycles. The van der Waals surface area contributed by atoms with Gasteiger partial charge in [-0.05, 0) is 26.0 Å². The average Bonchev–Trinajstić information content (AvgIpc) is 3.31. The van der Waals surface area contributed by atoms with Crippen LogP contribution in [0.25, 0.3) is 22.4 Å². The van der Waals surface area contributed by atoms with Crippen molar-refractivity contribution in [3.8, 4) is 11.3 Å². The van der Waals surface area contributed by atoms with E-state index in [-0.39, 0.29) is 5.91 Å². The molecule has 4 rings (SSSR count). The van der Waals surface area contributed by atoms with Crippen LogP contribution in [0.15, 0.2) is 29.0 Å². The molecule has 0 radical (unpaired) electrons. The van der Waals surface area contributed by atoms with E-state index >= 15 is 0 Å². The van der Waals surface area contributed by atoms with Crippen LogP contribution in [0, 0.1) is 13.8 Å². The van der Waals surface area contributed by atoms with Gasteiger partial charge in [0.15, 0.2) is 0 Å². The van der Waals surface area contributed by atoms with E-state index in [9.17, 15) is 4.79 Å². The molecule has 0 aliphatic carbocycles. The zero-order valence-corrected chi connectivity index (χ0v) is 15.5. The Kier molecular flexibility index (Phi) is 3.98. The first-order chi connectivity index (χ1) is 12.9. The normalized spacial score (nSPS) is 11.3. The number of fused-ring (bicyclic) bond motifs is 1. The van der Waals surface area contributed by atoms with Gasteiger partial charge < -0.3 is 9.84 Å². The van der Waals surface area contributed by atoms with Gasteiger partial charge in [0.25, 0.3) is 11.6 Å². The highest BCUT2D eigenvalue weighted by Crippen LogP contribution is 2.26. The van der Waals surface area contributed by atoms with Crippen LogP contribution in [-0.2, 0) is 20.6 Å². The number of nitrogens with zero attached hydrogens (tertiary/aromatic N) is 6. The van der Waals surface area contributed by atoms with Gasteiger partial charge in [-0.3, -0.25) is 14.2 Å². The maximum Gasteiger partial charge on any atom is 0.259 e. The quantitative estimate of drug-likeness (QED) is 0.592. The first-order valence-corrected chi connectivity index (χ1v) is 8.46. The zero-order chi connectivity index (χ0) is 19.1. The van der Waals surface area contributed by atoms with Crippen LogP contribution < -0.4 is 5.32 Å². The van der Waals surface area contributed by atoms with Crippen LogP contribution >= 0.6 is 0 Å². The number of rotatable bonds is 4. The highest BCUT2D eigenvalue weighted by molar-refractivity contribution is 6.06. The number of aromatic nitrogens is 6. The largest absolute Gasteiger partial charge is 0.346 e. The molecule has 27 heavy (non-hydrogen) atoms. The minimum absolute atomic E-state index is 0.224. The fraction of sp³-hybridized carbons (Fsp3) is 0.278. The Balaban J connectivity index is 1.71. The minimum atomic E-state index is -0.224. The van der Waals surface area contributed by atoms with Crippen LogP contribution in [0.3, 0.4) is 0 Å². The number of pyridine rings is 1. The van der Waals surface area contributed by atoms with Crippen molar-refractivity contribution in [2.24, 2.45) is 14.1 Å². The molecule has 9 heteroatoms. The van der Waals surface area contributed by atoms with Crippen molar-refractivity contribution in [2.45, 2.75) is 20.4 Å². The van der Waals surface area contributed by atoms with E-state index in [1.54, 1.807) is 28.6 Å². The molecular formula is C18H19N7O2. The van der Waals surface area contributed by atoms with Crippen molar-refractivity contribution < 1.29 is 9.32 Å². The predicted molar refractivity (Wildman–Crippen MR) is 97.9 cm³/mol. The Hall–Kier alpha value is -3.49. The van der Waals surface area contributed by atoms with Crippen molar-refractivity contribution in [2.75, 3.05) is 0 Å². The van der Waals surface area contributed by atoms with Gasteiger partial charge in [0.05, 0.1) is 46.5 Å². The molecule has 138 valence electrons. The molecule has 0 saturated heterocycles. The number of carbonyl (C=O) groups is 1. The first kappa shape index (κ1) is 17.0. The van der Waals surface area contributed by atoms with E-state index in [1.165, 1.54) is 0 Å². The van der Waals surface area contributed by atoms with Gasteiger partial charge in [-0.2, -0.15) is 10.2 Å². The van der Waals surface area contributed by atoms with Crippen LogP contribution in [0.1, 0.15) is 27.4 Å². The SMILES string of the molecule is Cc1cc(CNC(=O)c2cc(-c3cnn(C)c3)nc3onc(C)c23)n(C)n1. The van der Waals surface area contributed by atoms with Crippen LogP contribution in [0.2, 0.25) is 0 Å². The van der Waals surface area contributed by atoms with E-state index in [1.807, 2.05) is 33.3 Å². The lowest BCUT2D eigenvalue weighted by atomic mass is 10.1. The maximum absolute atomic E-state index is 12.9. The second-order valence-electron chi connectivity index (χ2n) is 6.49. The fourth-order valence-corrected chi connectivity index (χ4v) is 3.07. The molecule has 0 spiro atoms. The molecule has 4 aromatic rings. The predicted octanol–water partition coefficient (Wildman–Crippen LogP) is 1.90. The monoisotopic (exact) mass is 365 g/mol. The topological polar surface area (TPSA) is 104 Å². The number of carbonyl (C=O) groups excluding carboxylic acids is 1. The molecule has 0 bridgehead atoms. The lowest BCUT2D eigenvalue weighted by Crippen LogP contribution is -2.24. The molecule has 0 atom stereocenters. The van der Waals surface area contributed by atoms with E-state index in [2.05, 4.69) is 25.7 Å². The lowest BCUT2D eigenvalue weighted by Gasteiger charge is -2.08. The standard InChI is InChI=1S/C18H19N7O2/c1-10-5-13(25(4)22-10)8-19-17(26)14-6-15(12-7-20-24(3)9-12)21-18-16(14)11(2)23-27-18/h5-7,9H,8H2,1-4H3,(H,19,26).